The molecule has 1 amide bonds. The number of thioether (sulfide) groups is 1. The molecule has 1 aromatic carbocycles. The highest BCUT2D eigenvalue weighted by atomic mass is 32.2. The Bertz CT molecular complexity index is 624. The Morgan fingerprint density at radius 3 is 2.25 bits per heavy atom. The highest BCUT2D eigenvalue weighted by Crippen LogP contribution is 2.34. The van der Waals surface area contributed by atoms with Crippen molar-refractivity contribution in [3.05, 3.63) is 34.9 Å². The van der Waals surface area contributed by atoms with Gasteiger partial charge in [-0.05, 0) is 57.2 Å². The first kappa shape index (κ1) is 21.3. The molecule has 0 aliphatic rings. The Hall–Kier alpha value is -0.730. The first-order valence-electron chi connectivity index (χ1n) is 7.24. The summed E-state index contributed by atoms with van der Waals surface area (Å²) in [4.78, 5) is 12.8. The first-order valence-corrected chi connectivity index (χ1v) is 9.41. The number of hydrogen-bond acceptors (Lipinski definition) is 4. The van der Waals surface area contributed by atoms with Crippen LogP contribution in [0.5, 0.6) is 0 Å². The number of benzene rings is 1. The maximum absolute atomic E-state index is 13.0. The van der Waals surface area contributed by atoms with Crippen molar-refractivity contribution in [2.24, 2.45) is 0 Å². The molecule has 0 radical (unpaired) electrons. The second-order valence-corrected chi connectivity index (χ2v) is 9.54. The third-order valence-electron chi connectivity index (χ3n) is 2.87. The van der Waals surface area contributed by atoms with E-state index in [1.165, 1.54) is 29.1 Å². The van der Waals surface area contributed by atoms with Crippen LogP contribution in [0.3, 0.4) is 0 Å². The van der Waals surface area contributed by atoms with Gasteiger partial charge in [0.1, 0.15) is 3.53 Å². The predicted molar refractivity (Wildman–Crippen MR) is 100 cm³/mol. The van der Waals surface area contributed by atoms with Gasteiger partial charge in [-0.1, -0.05) is 19.1 Å². The number of carbonyl (C=O) groups is 1. The van der Waals surface area contributed by atoms with Crippen molar-refractivity contribution in [1.29, 1.82) is 0 Å². The molecule has 0 fully saturated rings. The zero-order chi connectivity index (χ0) is 18.7. The summed E-state index contributed by atoms with van der Waals surface area (Å²) < 4.78 is 41.0. The van der Waals surface area contributed by atoms with Crippen molar-refractivity contribution in [1.82, 2.24) is 4.31 Å². The van der Waals surface area contributed by atoms with Gasteiger partial charge in [-0.2, -0.15) is 13.2 Å². The van der Waals surface area contributed by atoms with Gasteiger partial charge in [-0.3, -0.25) is 9.10 Å². The molecule has 0 aromatic heterocycles. The summed E-state index contributed by atoms with van der Waals surface area (Å²) in [5.41, 5.74) is -1.02. The van der Waals surface area contributed by atoms with E-state index >= 15 is 0 Å². The Balaban J connectivity index is 3.24. The van der Waals surface area contributed by atoms with Crippen LogP contribution in [-0.4, -0.2) is 25.0 Å². The molecule has 0 aliphatic heterocycles. The lowest BCUT2D eigenvalue weighted by Crippen LogP contribution is -2.41. The summed E-state index contributed by atoms with van der Waals surface area (Å²) in [7, 11) is 0. The molecule has 2 nitrogen and oxygen atoms in total. The van der Waals surface area contributed by atoms with Crippen molar-refractivity contribution in [2.45, 2.75) is 46.3 Å². The largest absolute Gasteiger partial charge is 0.416 e. The average molecular weight is 396 g/mol. The van der Waals surface area contributed by atoms with Gasteiger partial charge in [0.25, 0.3) is 5.91 Å². The van der Waals surface area contributed by atoms with Gasteiger partial charge in [0.05, 0.1) is 5.56 Å². The summed E-state index contributed by atoms with van der Waals surface area (Å²) >= 11 is 7.75. The Morgan fingerprint density at radius 1 is 1.21 bits per heavy atom. The molecule has 0 saturated heterocycles. The topological polar surface area (TPSA) is 20.3 Å². The molecular weight excluding hydrogens is 375 g/mol. The number of nitrogens with zero attached hydrogens (tertiary/aromatic N) is 1. The zero-order valence-corrected chi connectivity index (χ0v) is 16.6. The minimum atomic E-state index is -4.49. The van der Waals surface area contributed by atoms with Crippen LogP contribution in [0.1, 0.15) is 49.2 Å². The molecular formula is C16H20F3NOS3. The SMILES string of the molecule is CCSC(=S)SN(C(=O)c1cc(C)cc(C(F)(F)F)c1)C(C)(C)C. The molecule has 0 aliphatic carbocycles. The predicted octanol–water partition coefficient (Wildman–Crippen LogP) is 5.94. The lowest BCUT2D eigenvalue weighted by molar-refractivity contribution is -0.137. The molecule has 0 bridgehead atoms. The summed E-state index contributed by atoms with van der Waals surface area (Å²) in [6.45, 7) is 8.93. The van der Waals surface area contributed by atoms with Crippen LogP contribution in [0.15, 0.2) is 18.2 Å². The molecule has 8 heteroatoms. The van der Waals surface area contributed by atoms with Gasteiger partial charge < -0.3 is 0 Å². The molecule has 0 heterocycles. The van der Waals surface area contributed by atoms with Crippen LogP contribution in [0.2, 0.25) is 0 Å². The Kier molecular flexibility index (Phi) is 7.19. The summed E-state index contributed by atoms with van der Waals surface area (Å²) in [6, 6.07) is 3.39. The normalized spacial score (nSPS) is 12.2. The summed E-state index contributed by atoms with van der Waals surface area (Å²) in [5, 5.41) is 0. The van der Waals surface area contributed by atoms with Crippen molar-refractivity contribution < 1.29 is 18.0 Å². The second kappa shape index (κ2) is 8.10. The Labute approximate surface area is 154 Å². The molecule has 0 saturated carbocycles. The third-order valence-corrected chi connectivity index (χ3v) is 5.60. The number of rotatable bonds is 2. The average Bonchev–Trinajstić information content (AvgIpc) is 2.41. The van der Waals surface area contributed by atoms with E-state index in [1.54, 1.807) is 0 Å². The van der Waals surface area contributed by atoms with Crippen molar-refractivity contribution in [2.75, 3.05) is 5.75 Å². The molecule has 0 atom stereocenters. The van der Waals surface area contributed by atoms with Gasteiger partial charge in [-0.15, -0.1) is 11.8 Å². The van der Waals surface area contributed by atoms with E-state index in [0.717, 1.165) is 29.8 Å². The van der Waals surface area contributed by atoms with E-state index in [4.69, 9.17) is 12.2 Å². The smallest absolute Gasteiger partial charge is 0.272 e. The van der Waals surface area contributed by atoms with E-state index in [0.29, 0.717) is 9.09 Å². The van der Waals surface area contributed by atoms with Gasteiger partial charge in [0.2, 0.25) is 0 Å². The summed E-state index contributed by atoms with van der Waals surface area (Å²) in [5.74, 6) is 0.279. The van der Waals surface area contributed by atoms with Crippen molar-refractivity contribution in [3.63, 3.8) is 0 Å². The van der Waals surface area contributed by atoms with E-state index < -0.39 is 23.2 Å². The van der Waals surface area contributed by atoms with E-state index in [1.807, 2.05) is 27.7 Å². The number of carbonyl (C=O) groups excluding carboxylic acids is 1. The number of halogens is 3. The fourth-order valence-corrected chi connectivity index (χ4v) is 4.10. The highest BCUT2D eigenvalue weighted by molar-refractivity contribution is 8.46. The number of amides is 1. The lowest BCUT2D eigenvalue weighted by Gasteiger charge is -2.34. The molecule has 0 unspecified atom stereocenters. The van der Waals surface area contributed by atoms with Crippen LogP contribution < -0.4 is 0 Å². The van der Waals surface area contributed by atoms with Crippen molar-refractivity contribution >= 4 is 45.4 Å². The lowest BCUT2D eigenvalue weighted by atomic mass is 10.0. The van der Waals surface area contributed by atoms with Gasteiger partial charge in [0.15, 0.2) is 0 Å². The zero-order valence-electron chi connectivity index (χ0n) is 14.2. The minimum absolute atomic E-state index is 0.00838. The molecule has 1 rings (SSSR count). The number of aryl methyl sites for hydroxylation is 1. The minimum Gasteiger partial charge on any atom is -0.272 e. The number of thiocarbonyl (C=S) groups is 1. The molecule has 134 valence electrons. The van der Waals surface area contributed by atoms with E-state index in [9.17, 15) is 18.0 Å². The van der Waals surface area contributed by atoms with Crippen LogP contribution >= 0.6 is 35.9 Å². The van der Waals surface area contributed by atoms with Crippen molar-refractivity contribution in [3.8, 4) is 0 Å². The maximum atomic E-state index is 13.0. The van der Waals surface area contributed by atoms with E-state index in [-0.39, 0.29) is 5.56 Å². The fraction of sp³-hybridized carbons (Fsp3) is 0.500. The van der Waals surface area contributed by atoms with Gasteiger partial charge in [-0.25, -0.2) is 0 Å². The monoisotopic (exact) mass is 395 g/mol. The molecule has 0 spiro atoms. The second-order valence-electron chi connectivity index (χ2n) is 6.13. The number of alkyl halides is 3. The molecule has 24 heavy (non-hydrogen) atoms. The highest BCUT2D eigenvalue weighted by Gasteiger charge is 2.34. The fourth-order valence-electron chi connectivity index (χ4n) is 1.89. The van der Waals surface area contributed by atoms with Crippen LogP contribution in [0.25, 0.3) is 0 Å². The summed E-state index contributed by atoms with van der Waals surface area (Å²) in [6.07, 6.45) is -4.49. The molecule has 1 aromatic rings. The third kappa shape index (κ3) is 5.97. The first-order chi connectivity index (χ1) is 10.9. The molecule has 0 N–H and O–H groups in total. The van der Waals surface area contributed by atoms with E-state index in [2.05, 4.69) is 0 Å². The van der Waals surface area contributed by atoms with Crippen LogP contribution in [0.4, 0.5) is 13.2 Å². The van der Waals surface area contributed by atoms with Gasteiger partial charge >= 0.3 is 6.18 Å². The quantitative estimate of drug-likeness (QED) is 0.456. The van der Waals surface area contributed by atoms with Crippen LogP contribution in [0, 0.1) is 6.92 Å². The Morgan fingerprint density at radius 2 is 1.79 bits per heavy atom. The maximum Gasteiger partial charge on any atom is 0.416 e. The standard InChI is InChI=1S/C16H20F3NOS3/c1-6-23-14(22)24-20(15(3,4)5)13(21)11-7-10(2)8-12(9-11)16(17,18)19/h7-9H,6H2,1-5H3. The van der Waals surface area contributed by atoms with Crippen LogP contribution in [-0.2, 0) is 6.18 Å². The number of hydrogen-bond donors (Lipinski definition) is 0. The van der Waals surface area contributed by atoms with Gasteiger partial charge in [0, 0.05) is 23.1 Å².